The molecule has 0 saturated carbocycles. The molecule has 3 N–H and O–H groups in total. The summed E-state index contributed by atoms with van der Waals surface area (Å²) in [6, 6.07) is 12.1. The largest absolute Gasteiger partial charge is 0.370 e. The number of fused-ring (bicyclic) bond motifs is 2. The molecule has 38 heavy (non-hydrogen) atoms. The van der Waals surface area contributed by atoms with Gasteiger partial charge in [-0.25, -0.2) is 4.98 Å². The zero-order chi connectivity index (χ0) is 26.5. The fourth-order valence-electron chi connectivity index (χ4n) is 5.75. The van der Waals surface area contributed by atoms with Gasteiger partial charge in [0.15, 0.2) is 0 Å². The van der Waals surface area contributed by atoms with Crippen LogP contribution in [0, 0.1) is 5.92 Å². The molecule has 1 aromatic carbocycles. The number of aromatic nitrogens is 2. The highest BCUT2D eigenvalue weighted by atomic mass is 16.2. The molecule has 3 aromatic rings. The fourth-order valence-corrected chi connectivity index (χ4v) is 5.75. The van der Waals surface area contributed by atoms with Crippen LogP contribution in [0.4, 0.5) is 5.82 Å². The van der Waals surface area contributed by atoms with Crippen LogP contribution in [0.5, 0.6) is 0 Å². The number of aromatic amines is 1. The summed E-state index contributed by atoms with van der Waals surface area (Å²) in [7, 11) is 0. The second-order valence-corrected chi connectivity index (χ2v) is 10.7. The Labute approximate surface area is 223 Å². The first-order valence-electron chi connectivity index (χ1n) is 13.8. The number of likely N-dealkylation sites (tertiary alicyclic amines) is 1. The first-order valence-corrected chi connectivity index (χ1v) is 13.8. The lowest BCUT2D eigenvalue weighted by molar-refractivity contribution is -0.135. The van der Waals surface area contributed by atoms with E-state index >= 15 is 0 Å². The minimum atomic E-state index is -0.258. The third-order valence-corrected chi connectivity index (χ3v) is 7.78. The average molecular weight is 516 g/mol. The van der Waals surface area contributed by atoms with Crippen LogP contribution >= 0.6 is 0 Å². The van der Waals surface area contributed by atoms with Crippen molar-refractivity contribution in [3.05, 3.63) is 59.4 Å². The smallest absolute Gasteiger partial charge is 0.239 e. The van der Waals surface area contributed by atoms with Gasteiger partial charge in [-0.15, -0.1) is 0 Å². The lowest BCUT2D eigenvalue weighted by atomic mass is 9.99. The Morgan fingerprint density at radius 2 is 2.05 bits per heavy atom. The molecule has 2 amide bonds. The van der Waals surface area contributed by atoms with Crippen LogP contribution in [0.3, 0.4) is 0 Å². The number of para-hydroxylation sites is 1. The Morgan fingerprint density at radius 1 is 1.18 bits per heavy atom. The van der Waals surface area contributed by atoms with Crippen LogP contribution in [-0.4, -0.2) is 58.1 Å². The number of Topliss-reactive ketones (excluding diaryl/α,β-unsaturated/α-hetero) is 1. The number of pyridine rings is 1. The van der Waals surface area contributed by atoms with Crippen molar-refractivity contribution in [3.63, 3.8) is 0 Å². The van der Waals surface area contributed by atoms with Gasteiger partial charge in [-0.3, -0.25) is 14.4 Å². The van der Waals surface area contributed by atoms with E-state index in [2.05, 4.69) is 33.8 Å². The number of H-pyrrole nitrogens is 1. The molecule has 200 valence electrons. The normalized spacial score (nSPS) is 17.8. The molecule has 0 aliphatic carbocycles. The molecule has 8 nitrogen and oxygen atoms in total. The van der Waals surface area contributed by atoms with Crippen molar-refractivity contribution in [2.24, 2.45) is 5.92 Å². The van der Waals surface area contributed by atoms with Gasteiger partial charge in [0.1, 0.15) is 11.6 Å². The maximum Gasteiger partial charge on any atom is 0.239 e. The SMILES string of the molecule is CC(=O)CC(CCc1c[nH]c2ccccc12)NC(=O)CN1CC[C@@H](CCc2ccc3c(n2)NCCC3)C1=O. The number of anilines is 1. The number of nitrogens with zero attached hydrogens (tertiary/aromatic N) is 2. The molecule has 2 aromatic heterocycles. The van der Waals surface area contributed by atoms with Crippen LogP contribution in [0.25, 0.3) is 10.9 Å². The molecule has 2 atom stereocenters. The number of benzene rings is 1. The monoisotopic (exact) mass is 515 g/mol. The Morgan fingerprint density at radius 3 is 2.92 bits per heavy atom. The van der Waals surface area contributed by atoms with Crippen molar-refractivity contribution in [2.75, 3.05) is 25.0 Å². The van der Waals surface area contributed by atoms with E-state index in [0.717, 1.165) is 67.5 Å². The van der Waals surface area contributed by atoms with Gasteiger partial charge in [-0.2, -0.15) is 0 Å². The van der Waals surface area contributed by atoms with Crippen LogP contribution in [0.2, 0.25) is 0 Å². The summed E-state index contributed by atoms with van der Waals surface area (Å²) < 4.78 is 0. The number of rotatable bonds is 11. The lowest BCUT2D eigenvalue weighted by Crippen LogP contribution is -2.43. The quantitative estimate of drug-likeness (QED) is 0.360. The average Bonchev–Trinajstić information content (AvgIpc) is 3.48. The number of hydrogen-bond donors (Lipinski definition) is 3. The van der Waals surface area contributed by atoms with Crippen molar-refractivity contribution in [1.29, 1.82) is 0 Å². The minimum absolute atomic E-state index is 0.0394. The van der Waals surface area contributed by atoms with Gasteiger partial charge in [-0.1, -0.05) is 24.3 Å². The van der Waals surface area contributed by atoms with E-state index in [1.54, 1.807) is 11.8 Å². The van der Waals surface area contributed by atoms with Crippen molar-refractivity contribution in [1.82, 2.24) is 20.2 Å². The van der Waals surface area contributed by atoms with E-state index in [0.29, 0.717) is 13.0 Å². The van der Waals surface area contributed by atoms with Crippen molar-refractivity contribution in [3.8, 4) is 0 Å². The number of aryl methyl sites for hydroxylation is 3. The molecular formula is C30H37N5O3. The molecule has 4 heterocycles. The first kappa shape index (κ1) is 25.9. The van der Waals surface area contributed by atoms with E-state index < -0.39 is 0 Å². The van der Waals surface area contributed by atoms with E-state index in [1.165, 1.54) is 11.1 Å². The predicted molar refractivity (Wildman–Crippen MR) is 148 cm³/mol. The van der Waals surface area contributed by atoms with E-state index in [4.69, 9.17) is 4.98 Å². The third-order valence-electron chi connectivity index (χ3n) is 7.78. The summed E-state index contributed by atoms with van der Waals surface area (Å²) in [6.07, 6.45) is 8.13. The topological polar surface area (TPSA) is 107 Å². The molecule has 5 rings (SSSR count). The molecule has 2 aliphatic rings. The molecule has 2 aliphatic heterocycles. The molecule has 0 spiro atoms. The Bertz CT molecular complexity index is 1320. The number of carbonyl (C=O) groups is 3. The molecule has 0 bridgehead atoms. The van der Waals surface area contributed by atoms with E-state index in [9.17, 15) is 14.4 Å². The van der Waals surface area contributed by atoms with Crippen molar-refractivity contribution < 1.29 is 14.4 Å². The zero-order valence-corrected chi connectivity index (χ0v) is 22.1. The molecular weight excluding hydrogens is 478 g/mol. The highest BCUT2D eigenvalue weighted by Crippen LogP contribution is 2.25. The van der Waals surface area contributed by atoms with E-state index in [-0.39, 0.29) is 42.5 Å². The van der Waals surface area contributed by atoms with Crippen molar-refractivity contribution >= 4 is 34.3 Å². The van der Waals surface area contributed by atoms with Gasteiger partial charge >= 0.3 is 0 Å². The number of nitrogens with one attached hydrogen (secondary N) is 3. The maximum atomic E-state index is 13.0. The number of carbonyl (C=O) groups excluding carboxylic acids is 3. The van der Waals surface area contributed by atoms with Gasteiger partial charge in [-0.05, 0) is 75.1 Å². The minimum Gasteiger partial charge on any atom is -0.370 e. The van der Waals surface area contributed by atoms with Gasteiger partial charge in [0.2, 0.25) is 11.8 Å². The summed E-state index contributed by atoms with van der Waals surface area (Å²) in [6.45, 7) is 3.13. The molecule has 0 radical (unpaired) electrons. The van der Waals surface area contributed by atoms with Gasteiger partial charge in [0.25, 0.3) is 0 Å². The maximum absolute atomic E-state index is 13.0. The number of hydrogen-bond acceptors (Lipinski definition) is 5. The Kier molecular flexibility index (Phi) is 8.05. The summed E-state index contributed by atoms with van der Waals surface area (Å²) in [5.41, 5.74) is 4.52. The van der Waals surface area contributed by atoms with Crippen LogP contribution in [0.15, 0.2) is 42.6 Å². The Balaban J connectivity index is 1.11. The standard InChI is InChI=1S/C30H37N5O3/c1-20(36)17-25(13-10-23-18-32-27-7-3-2-6-26(23)27)33-28(37)19-35-16-14-22(30(35)38)9-12-24-11-8-21-5-4-15-31-29(21)34-24/h2-3,6-8,11,18,22,25,32H,4-5,9-10,12-17,19H2,1H3,(H,31,34)(H,33,37)/t22-,25?/m1/s1. The van der Waals surface area contributed by atoms with Gasteiger partial charge < -0.3 is 20.5 Å². The second kappa shape index (κ2) is 11.8. The summed E-state index contributed by atoms with van der Waals surface area (Å²) in [5, 5.41) is 7.56. The van der Waals surface area contributed by atoms with Gasteiger partial charge in [0.05, 0.1) is 6.54 Å². The van der Waals surface area contributed by atoms with Crippen LogP contribution in [-0.2, 0) is 33.6 Å². The molecule has 1 saturated heterocycles. The summed E-state index contributed by atoms with van der Waals surface area (Å²) in [4.78, 5) is 47.5. The van der Waals surface area contributed by atoms with Gasteiger partial charge in [0, 0.05) is 54.3 Å². The van der Waals surface area contributed by atoms with E-state index in [1.807, 2.05) is 24.4 Å². The summed E-state index contributed by atoms with van der Waals surface area (Å²) >= 11 is 0. The highest BCUT2D eigenvalue weighted by molar-refractivity contribution is 5.88. The van der Waals surface area contributed by atoms with Crippen LogP contribution < -0.4 is 10.6 Å². The molecule has 8 heteroatoms. The third kappa shape index (κ3) is 6.23. The second-order valence-electron chi connectivity index (χ2n) is 10.7. The number of ketones is 1. The predicted octanol–water partition coefficient (Wildman–Crippen LogP) is 3.80. The number of amides is 2. The first-order chi connectivity index (χ1) is 18.5. The molecule has 1 unspecified atom stereocenters. The van der Waals surface area contributed by atoms with Crippen LogP contribution in [0.1, 0.15) is 55.8 Å². The fraction of sp³-hybridized carbons (Fsp3) is 0.467. The Hall–Kier alpha value is -3.68. The lowest BCUT2D eigenvalue weighted by Gasteiger charge is -2.21. The summed E-state index contributed by atoms with van der Waals surface area (Å²) in [5.74, 6) is 0.778. The van der Waals surface area contributed by atoms with Crippen molar-refractivity contribution in [2.45, 2.75) is 64.3 Å². The molecule has 1 fully saturated rings. The highest BCUT2D eigenvalue weighted by Gasteiger charge is 2.32. The zero-order valence-electron chi connectivity index (χ0n) is 22.1.